The number of H-pyrrole nitrogens is 1. The van der Waals surface area contributed by atoms with Gasteiger partial charge < -0.3 is 14.3 Å². The molecule has 1 fully saturated rings. The molecule has 132 valence electrons. The number of hydrogen-bond acceptors (Lipinski definition) is 4. The Morgan fingerprint density at radius 2 is 2.20 bits per heavy atom. The predicted molar refractivity (Wildman–Crippen MR) is 97.2 cm³/mol. The van der Waals surface area contributed by atoms with Gasteiger partial charge in [-0.1, -0.05) is 18.6 Å². The van der Waals surface area contributed by atoms with Crippen LogP contribution in [0.25, 0.3) is 11.0 Å². The number of nitrogens with one attached hydrogen (secondary N) is 1. The lowest BCUT2D eigenvalue weighted by Gasteiger charge is -2.34. The number of rotatable bonds is 6. The van der Waals surface area contributed by atoms with Gasteiger partial charge in [0.25, 0.3) is 0 Å². The summed E-state index contributed by atoms with van der Waals surface area (Å²) in [6.45, 7) is 3.47. The van der Waals surface area contributed by atoms with Crippen LogP contribution >= 0.6 is 0 Å². The van der Waals surface area contributed by atoms with E-state index in [1.165, 1.54) is 12.8 Å². The van der Waals surface area contributed by atoms with E-state index in [9.17, 15) is 0 Å². The van der Waals surface area contributed by atoms with Crippen LogP contribution in [0.2, 0.25) is 0 Å². The van der Waals surface area contributed by atoms with E-state index in [0.717, 1.165) is 48.7 Å². The lowest BCUT2D eigenvalue weighted by molar-refractivity contribution is 0.127. The minimum Gasteiger partial charge on any atom is -0.383 e. The number of methoxy groups -OCH3 is 1. The number of para-hydroxylation sites is 2. The molecule has 0 amide bonds. The van der Waals surface area contributed by atoms with Crippen LogP contribution in [0.1, 0.15) is 37.0 Å². The predicted octanol–water partition coefficient (Wildman–Crippen LogP) is 3.13. The van der Waals surface area contributed by atoms with Crippen molar-refractivity contribution < 1.29 is 4.74 Å². The molecule has 3 aromatic rings. The molecular formula is C19H25N5O. The topological polar surface area (TPSA) is 59.0 Å². The van der Waals surface area contributed by atoms with E-state index >= 15 is 0 Å². The van der Waals surface area contributed by atoms with E-state index in [-0.39, 0.29) is 0 Å². The largest absolute Gasteiger partial charge is 0.383 e. The summed E-state index contributed by atoms with van der Waals surface area (Å²) in [6, 6.07) is 8.58. The van der Waals surface area contributed by atoms with Crippen LogP contribution in [0.4, 0.5) is 0 Å². The van der Waals surface area contributed by atoms with Gasteiger partial charge in [-0.05, 0) is 31.5 Å². The molecule has 1 saturated heterocycles. The Bertz CT molecular complexity index is 791. The van der Waals surface area contributed by atoms with Crippen molar-refractivity contribution in [3.63, 3.8) is 0 Å². The number of fused-ring (bicyclic) bond motifs is 1. The first-order valence-corrected chi connectivity index (χ1v) is 9.03. The van der Waals surface area contributed by atoms with Gasteiger partial charge in [0.2, 0.25) is 0 Å². The molecule has 2 aromatic heterocycles. The van der Waals surface area contributed by atoms with Crippen LogP contribution in [0.3, 0.4) is 0 Å². The summed E-state index contributed by atoms with van der Waals surface area (Å²) in [5, 5.41) is 0. The van der Waals surface area contributed by atoms with E-state index in [0.29, 0.717) is 12.6 Å². The maximum absolute atomic E-state index is 5.21. The third-order valence-electron chi connectivity index (χ3n) is 5.02. The van der Waals surface area contributed by atoms with Crippen LogP contribution < -0.4 is 0 Å². The Balaban J connectivity index is 1.56. The molecule has 0 aliphatic carbocycles. The molecule has 3 heterocycles. The summed E-state index contributed by atoms with van der Waals surface area (Å²) < 4.78 is 7.40. The lowest BCUT2D eigenvalue weighted by Crippen LogP contribution is -2.34. The van der Waals surface area contributed by atoms with Gasteiger partial charge in [0, 0.05) is 26.0 Å². The highest BCUT2D eigenvalue weighted by molar-refractivity contribution is 5.74. The summed E-state index contributed by atoms with van der Waals surface area (Å²) in [6.07, 6.45) is 7.53. The molecule has 25 heavy (non-hydrogen) atoms. The lowest BCUT2D eigenvalue weighted by atomic mass is 10.0. The fourth-order valence-corrected chi connectivity index (χ4v) is 3.69. The van der Waals surface area contributed by atoms with Crippen molar-refractivity contribution in [2.75, 3.05) is 20.3 Å². The highest BCUT2D eigenvalue weighted by atomic mass is 16.5. The fraction of sp³-hybridized carbons (Fsp3) is 0.474. The summed E-state index contributed by atoms with van der Waals surface area (Å²) in [7, 11) is 1.73. The Hall–Kier alpha value is -2.18. The van der Waals surface area contributed by atoms with Gasteiger partial charge in [-0.2, -0.15) is 0 Å². The fourth-order valence-electron chi connectivity index (χ4n) is 3.69. The molecule has 1 N–H and O–H groups in total. The monoisotopic (exact) mass is 339 g/mol. The van der Waals surface area contributed by atoms with Crippen LogP contribution in [-0.2, 0) is 17.8 Å². The second kappa shape index (κ2) is 7.37. The summed E-state index contributed by atoms with van der Waals surface area (Å²) >= 11 is 0. The van der Waals surface area contributed by atoms with Gasteiger partial charge >= 0.3 is 0 Å². The Morgan fingerprint density at radius 3 is 3.08 bits per heavy atom. The molecule has 4 rings (SSSR count). The third-order valence-corrected chi connectivity index (χ3v) is 5.02. The highest BCUT2D eigenvalue weighted by Gasteiger charge is 2.27. The van der Waals surface area contributed by atoms with Crippen molar-refractivity contribution in [2.24, 2.45) is 0 Å². The third kappa shape index (κ3) is 3.45. The van der Waals surface area contributed by atoms with Gasteiger partial charge in [-0.25, -0.2) is 9.97 Å². The number of aromatic amines is 1. The van der Waals surface area contributed by atoms with E-state index in [1.807, 2.05) is 18.5 Å². The molecule has 6 heteroatoms. The number of benzene rings is 1. The minimum absolute atomic E-state index is 0.328. The molecule has 0 radical (unpaired) electrons. The average molecular weight is 339 g/mol. The molecule has 1 aromatic carbocycles. The van der Waals surface area contributed by atoms with Gasteiger partial charge in [0.1, 0.15) is 11.6 Å². The molecule has 6 nitrogen and oxygen atoms in total. The molecule has 1 aliphatic rings. The first-order chi connectivity index (χ1) is 12.3. The summed E-state index contributed by atoms with van der Waals surface area (Å²) in [5.41, 5.74) is 2.16. The first kappa shape index (κ1) is 16.3. The highest BCUT2D eigenvalue weighted by Crippen LogP contribution is 2.31. The van der Waals surface area contributed by atoms with Crippen molar-refractivity contribution in [2.45, 2.75) is 38.4 Å². The second-order valence-corrected chi connectivity index (χ2v) is 6.65. The number of nitrogens with zero attached hydrogens (tertiary/aromatic N) is 4. The molecule has 1 unspecified atom stereocenters. The Morgan fingerprint density at radius 1 is 1.28 bits per heavy atom. The smallest absolute Gasteiger partial charge is 0.124 e. The Labute approximate surface area is 147 Å². The maximum Gasteiger partial charge on any atom is 0.124 e. The second-order valence-electron chi connectivity index (χ2n) is 6.65. The summed E-state index contributed by atoms with van der Waals surface area (Å²) in [5.74, 6) is 2.18. The van der Waals surface area contributed by atoms with Gasteiger partial charge in [-0.3, -0.25) is 4.90 Å². The standard InChI is InChI=1S/C19H25N5O/c1-25-13-12-23-11-9-20-18(23)14-24-10-5-4-8-17(24)19-21-15-6-2-3-7-16(15)22-19/h2-3,6-7,9,11,17H,4-5,8,10,12-14H2,1H3,(H,21,22). The molecule has 0 saturated carbocycles. The SMILES string of the molecule is COCCn1ccnc1CN1CCCCC1c1nc2ccccc2[nH]1. The zero-order valence-corrected chi connectivity index (χ0v) is 14.7. The summed E-state index contributed by atoms with van der Waals surface area (Å²) in [4.78, 5) is 15.4. The molecule has 1 atom stereocenters. The van der Waals surface area contributed by atoms with E-state index in [2.05, 4.69) is 37.6 Å². The Kier molecular flexibility index (Phi) is 4.81. The number of piperidine rings is 1. The molecule has 0 bridgehead atoms. The first-order valence-electron chi connectivity index (χ1n) is 9.03. The number of aromatic nitrogens is 4. The van der Waals surface area contributed by atoms with Crippen molar-refractivity contribution in [1.82, 2.24) is 24.4 Å². The van der Waals surface area contributed by atoms with E-state index in [1.54, 1.807) is 7.11 Å². The number of hydrogen-bond donors (Lipinski definition) is 1. The van der Waals surface area contributed by atoms with Crippen molar-refractivity contribution in [3.05, 3.63) is 48.3 Å². The van der Waals surface area contributed by atoms with E-state index < -0.39 is 0 Å². The van der Waals surface area contributed by atoms with Crippen molar-refractivity contribution in [1.29, 1.82) is 0 Å². The zero-order chi connectivity index (χ0) is 17.1. The van der Waals surface area contributed by atoms with Crippen LogP contribution in [-0.4, -0.2) is 44.7 Å². The van der Waals surface area contributed by atoms with Crippen LogP contribution in [0, 0.1) is 0 Å². The molecule has 0 spiro atoms. The number of ether oxygens (including phenoxy) is 1. The van der Waals surface area contributed by atoms with Crippen LogP contribution in [0.5, 0.6) is 0 Å². The zero-order valence-electron chi connectivity index (χ0n) is 14.7. The number of likely N-dealkylation sites (tertiary alicyclic amines) is 1. The quantitative estimate of drug-likeness (QED) is 0.749. The molecular weight excluding hydrogens is 314 g/mol. The average Bonchev–Trinajstić information content (AvgIpc) is 3.27. The normalized spacial score (nSPS) is 18.8. The van der Waals surface area contributed by atoms with Gasteiger partial charge in [-0.15, -0.1) is 0 Å². The molecule has 1 aliphatic heterocycles. The van der Waals surface area contributed by atoms with Crippen LogP contribution in [0.15, 0.2) is 36.7 Å². The maximum atomic E-state index is 5.21. The van der Waals surface area contributed by atoms with E-state index in [4.69, 9.17) is 9.72 Å². The number of imidazole rings is 2. The van der Waals surface area contributed by atoms with Gasteiger partial charge in [0.05, 0.1) is 30.2 Å². The van der Waals surface area contributed by atoms with Crippen molar-refractivity contribution >= 4 is 11.0 Å². The minimum atomic E-state index is 0.328. The van der Waals surface area contributed by atoms with Crippen molar-refractivity contribution in [3.8, 4) is 0 Å². The van der Waals surface area contributed by atoms with Gasteiger partial charge in [0.15, 0.2) is 0 Å².